The number of nitrogens with one attached hydrogen (secondary N) is 1. The second-order valence-electron chi connectivity index (χ2n) is 4.54. The molecule has 0 aliphatic rings. The molecular formula is C13H22N2O2. The maximum atomic E-state index is 5.81. The van der Waals surface area contributed by atoms with Gasteiger partial charge in [-0.2, -0.15) is 0 Å². The van der Waals surface area contributed by atoms with Crippen molar-refractivity contribution in [2.24, 2.45) is 0 Å². The molecule has 0 saturated carbocycles. The van der Waals surface area contributed by atoms with E-state index in [0.29, 0.717) is 18.8 Å². The summed E-state index contributed by atoms with van der Waals surface area (Å²) in [5.41, 5.74) is 7.23. The first kappa shape index (κ1) is 13.6. The number of nitrogens with two attached hydrogens (primary N) is 1. The van der Waals surface area contributed by atoms with Gasteiger partial charge in [-0.15, -0.1) is 0 Å². The number of anilines is 2. The van der Waals surface area contributed by atoms with Crippen LogP contribution < -0.4 is 15.8 Å². The zero-order valence-electron chi connectivity index (χ0n) is 11.0. The van der Waals surface area contributed by atoms with Crippen molar-refractivity contribution in [2.75, 3.05) is 31.3 Å². The quantitative estimate of drug-likeness (QED) is 0.748. The lowest BCUT2D eigenvalue weighted by Crippen LogP contribution is -2.32. The molecule has 0 atom stereocenters. The van der Waals surface area contributed by atoms with Crippen molar-refractivity contribution in [2.45, 2.75) is 26.4 Å². The summed E-state index contributed by atoms with van der Waals surface area (Å²) in [4.78, 5) is 0. The summed E-state index contributed by atoms with van der Waals surface area (Å²) in [6, 6.07) is 5.63. The second-order valence-corrected chi connectivity index (χ2v) is 4.54. The number of nitrogen functional groups attached to an aromatic ring is 1. The van der Waals surface area contributed by atoms with Gasteiger partial charge in [-0.05, 0) is 26.8 Å². The normalized spacial score (nSPS) is 11.3. The molecule has 96 valence electrons. The van der Waals surface area contributed by atoms with E-state index in [2.05, 4.69) is 5.32 Å². The van der Waals surface area contributed by atoms with E-state index in [4.69, 9.17) is 15.2 Å². The van der Waals surface area contributed by atoms with Crippen molar-refractivity contribution in [3.8, 4) is 5.75 Å². The fourth-order valence-electron chi connectivity index (χ4n) is 1.36. The highest BCUT2D eigenvalue weighted by molar-refractivity contribution is 5.59. The Labute approximate surface area is 103 Å². The van der Waals surface area contributed by atoms with Crippen molar-refractivity contribution in [3.05, 3.63) is 18.2 Å². The first-order valence-electron chi connectivity index (χ1n) is 5.79. The van der Waals surface area contributed by atoms with E-state index in [9.17, 15) is 0 Å². The molecule has 0 saturated heterocycles. The minimum Gasteiger partial charge on any atom is -0.494 e. The Hall–Kier alpha value is -1.42. The SMILES string of the molecule is CCOc1cc(N)cc(NCC(C)(C)OC)c1. The Balaban J connectivity index is 2.70. The minimum atomic E-state index is -0.212. The molecule has 4 nitrogen and oxygen atoms in total. The molecule has 3 N–H and O–H groups in total. The van der Waals surface area contributed by atoms with E-state index in [1.54, 1.807) is 7.11 Å². The van der Waals surface area contributed by atoms with Gasteiger partial charge in [0, 0.05) is 37.2 Å². The second kappa shape index (κ2) is 5.77. The molecule has 1 aromatic rings. The summed E-state index contributed by atoms with van der Waals surface area (Å²) in [5, 5.41) is 3.29. The van der Waals surface area contributed by atoms with Crippen molar-refractivity contribution < 1.29 is 9.47 Å². The zero-order valence-corrected chi connectivity index (χ0v) is 11.0. The molecule has 0 amide bonds. The topological polar surface area (TPSA) is 56.5 Å². The Bertz CT molecular complexity index is 364. The summed E-state index contributed by atoms with van der Waals surface area (Å²) in [5.74, 6) is 0.783. The molecular weight excluding hydrogens is 216 g/mol. The van der Waals surface area contributed by atoms with Crippen molar-refractivity contribution in [1.82, 2.24) is 0 Å². The van der Waals surface area contributed by atoms with E-state index in [-0.39, 0.29) is 5.60 Å². The predicted molar refractivity (Wildman–Crippen MR) is 71.6 cm³/mol. The summed E-state index contributed by atoms with van der Waals surface area (Å²) >= 11 is 0. The Morgan fingerprint density at radius 3 is 2.59 bits per heavy atom. The number of rotatable bonds is 6. The van der Waals surface area contributed by atoms with Gasteiger partial charge in [-0.1, -0.05) is 0 Å². The fraction of sp³-hybridized carbons (Fsp3) is 0.538. The standard InChI is InChI=1S/C13H22N2O2/c1-5-17-12-7-10(14)6-11(8-12)15-9-13(2,3)16-4/h6-8,15H,5,9,14H2,1-4H3. The first-order valence-corrected chi connectivity index (χ1v) is 5.79. The van der Waals surface area contributed by atoms with Gasteiger partial charge in [0.2, 0.25) is 0 Å². The average Bonchev–Trinajstić information content (AvgIpc) is 2.26. The monoisotopic (exact) mass is 238 g/mol. The minimum absolute atomic E-state index is 0.212. The van der Waals surface area contributed by atoms with Crippen LogP contribution >= 0.6 is 0 Å². The van der Waals surface area contributed by atoms with Crippen LogP contribution in [0.3, 0.4) is 0 Å². The summed E-state index contributed by atoms with van der Waals surface area (Å²) in [7, 11) is 1.70. The van der Waals surface area contributed by atoms with Crippen LogP contribution in [0.1, 0.15) is 20.8 Å². The third-order valence-electron chi connectivity index (χ3n) is 2.51. The molecule has 0 radical (unpaired) electrons. The number of hydrogen-bond acceptors (Lipinski definition) is 4. The highest BCUT2D eigenvalue weighted by Crippen LogP contribution is 2.23. The maximum Gasteiger partial charge on any atom is 0.123 e. The Morgan fingerprint density at radius 1 is 1.29 bits per heavy atom. The van der Waals surface area contributed by atoms with Crippen LogP contribution in [0.4, 0.5) is 11.4 Å². The largest absolute Gasteiger partial charge is 0.494 e. The Morgan fingerprint density at radius 2 is 2.00 bits per heavy atom. The van der Waals surface area contributed by atoms with Crippen LogP contribution in [-0.4, -0.2) is 25.9 Å². The fourth-order valence-corrected chi connectivity index (χ4v) is 1.36. The van der Waals surface area contributed by atoms with E-state index >= 15 is 0 Å². The first-order chi connectivity index (χ1) is 7.96. The number of methoxy groups -OCH3 is 1. The molecule has 17 heavy (non-hydrogen) atoms. The van der Waals surface area contributed by atoms with Gasteiger partial charge in [0.1, 0.15) is 5.75 Å². The van der Waals surface area contributed by atoms with E-state index < -0.39 is 0 Å². The van der Waals surface area contributed by atoms with Crippen LogP contribution in [0.5, 0.6) is 5.75 Å². The maximum absolute atomic E-state index is 5.81. The average molecular weight is 238 g/mol. The van der Waals surface area contributed by atoms with Crippen molar-refractivity contribution in [1.29, 1.82) is 0 Å². The molecule has 1 rings (SSSR count). The highest BCUT2D eigenvalue weighted by Gasteiger charge is 2.15. The molecule has 0 heterocycles. The lowest BCUT2D eigenvalue weighted by Gasteiger charge is -2.24. The number of ether oxygens (including phenoxy) is 2. The molecule has 0 fully saturated rings. The summed E-state index contributed by atoms with van der Waals surface area (Å²) in [6.07, 6.45) is 0. The Kier molecular flexibility index (Phi) is 4.63. The smallest absolute Gasteiger partial charge is 0.123 e. The molecule has 4 heteroatoms. The van der Waals surface area contributed by atoms with E-state index in [1.165, 1.54) is 0 Å². The van der Waals surface area contributed by atoms with Crippen LogP contribution in [0.2, 0.25) is 0 Å². The lowest BCUT2D eigenvalue weighted by molar-refractivity contribution is 0.0344. The third kappa shape index (κ3) is 4.53. The van der Waals surface area contributed by atoms with Gasteiger partial charge in [0.15, 0.2) is 0 Å². The van der Waals surface area contributed by atoms with E-state index in [0.717, 1.165) is 11.4 Å². The number of hydrogen-bond donors (Lipinski definition) is 2. The lowest BCUT2D eigenvalue weighted by atomic mass is 10.1. The molecule has 0 aliphatic heterocycles. The third-order valence-corrected chi connectivity index (χ3v) is 2.51. The zero-order chi connectivity index (χ0) is 12.9. The number of benzene rings is 1. The van der Waals surface area contributed by atoms with Crippen LogP contribution in [0, 0.1) is 0 Å². The van der Waals surface area contributed by atoms with Crippen LogP contribution in [0.25, 0.3) is 0 Å². The van der Waals surface area contributed by atoms with E-state index in [1.807, 2.05) is 39.0 Å². The summed E-state index contributed by atoms with van der Waals surface area (Å²) in [6.45, 7) is 7.33. The van der Waals surface area contributed by atoms with Gasteiger partial charge in [-0.25, -0.2) is 0 Å². The van der Waals surface area contributed by atoms with Gasteiger partial charge < -0.3 is 20.5 Å². The van der Waals surface area contributed by atoms with Gasteiger partial charge in [-0.3, -0.25) is 0 Å². The molecule has 0 bridgehead atoms. The molecule has 0 aromatic heterocycles. The van der Waals surface area contributed by atoms with Crippen LogP contribution in [0.15, 0.2) is 18.2 Å². The molecule has 0 spiro atoms. The van der Waals surface area contributed by atoms with Gasteiger partial charge in [0.25, 0.3) is 0 Å². The summed E-state index contributed by atoms with van der Waals surface area (Å²) < 4.78 is 10.8. The van der Waals surface area contributed by atoms with Crippen LogP contribution in [-0.2, 0) is 4.74 Å². The van der Waals surface area contributed by atoms with Gasteiger partial charge >= 0.3 is 0 Å². The molecule has 0 aliphatic carbocycles. The molecule has 1 aromatic carbocycles. The van der Waals surface area contributed by atoms with Crippen molar-refractivity contribution in [3.63, 3.8) is 0 Å². The van der Waals surface area contributed by atoms with Crippen molar-refractivity contribution >= 4 is 11.4 Å². The predicted octanol–water partition coefficient (Wildman–Crippen LogP) is 2.50. The van der Waals surface area contributed by atoms with Gasteiger partial charge in [0.05, 0.1) is 12.2 Å². The molecule has 0 unspecified atom stereocenters. The highest BCUT2D eigenvalue weighted by atomic mass is 16.5.